The Kier molecular flexibility index (Phi) is 1.54. The molecule has 0 aliphatic carbocycles. The third-order valence-corrected chi connectivity index (χ3v) is 3.08. The first kappa shape index (κ1) is 8.37. The van der Waals surface area contributed by atoms with Crippen LogP contribution in [0.25, 0.3) is 10.9 Å². The summed E-state index contributed by atoms with van der Waals surface area (Å²) in [5.74, 6) is 0.125. The smallest absolute Gasteiger partial charge is 0.210 e. The lowest BCUT2D eigenvalue weighted by Crippen LogP contribution is -2.06. The number of aromatic hydroxyl groups is 1. The van der Waals surface area contributed by atoms with Crippen LogP contribution in [0.4, 0.5) is 0 Å². The molecule has 0 fully saturated rings. The monoisotopic (exact) mass is 198 g/mol. The first-order valence-corrected chi connectivity index (χ1v) is 5.06. The molecule has 2 heterocycles. The topological polar surface area (TPSA) is 48.9 Å². The van der Waals surface area contributed by atoms with Gasteiger partial charge < -0.3 is 9.67 Å². The highest BCUT2D eigenvalue weighted by Gasteiger charge is 2.20. The average molecular weight is 198 g/mol. The van der Waals surface area contributed by atoms with Gasteiger partial charge in [0, 0.05) is 11.9 Å². The fourth-order valence-electron chi connectivity index (χ4n) is 2.43. The first-order chi connectivity index (χ1) is 7.33. The summed E-state index contributed by atoms with van der Waals surface area (Å²) in [5, 5.41) is 19.8. The van der Waals surface area contributed by atoms with E-state index in [0.29, 0.717) is 5.56 Å². The molecule has 1 aromatic carbocycles. The van der Waals surface area contributed by atoms with Crippen molar-refractivity contribution in [2.45, 2.75) is 19.4 Å². The molecule has 0 atom stereocenters. The van der Waals surface area contributed by atoms with E-state index in [1.807, 2.05) is 16.7 Å². The van der Waals surface area contributed by atoms with E-state index in [4.69, 9.17) is 5.26 Å². The van der Waals surface area contributed by atoms with Crippen molar-refractivity contribution in [3.05, 3.63) is 29.3 Å². The van der Waals surface area contributed by atoms with Crippen molar-refractivity contribution in [3.63, 3.8) is 0 Å². The van der Waals surface area contributed by atoms with Crippen LogP contribution < -0.4 is 0 Å². The van der Waals surface area contributed by atoms with Crippen molar-refractivity contribution in [1.29, 1.82) is 5.26 Å². The highest BCUT2D eigenvalue weighted by atomic mass is 16.3. The lowest BCUT2D eigenvalue weighted by atomic mass is 10.0. The molecule has 0 saturated carbocycles. The zero-order valence-corrected chi connectivity index (χ0v) is 8.20. The Hall–Kier alpha value is -1.95. The molecule has 1 N–H and O–H groups in total. The van der Waals surface area contributed by atoms with Gasteiger partial charge in [-0.15, -0.1) is 0 Å². The number of hydrogen-bond acceptors (Lipinski definition) is 2. The highest BCUT2D eigenvalue weighted by Crippen LogP contribution is 2.35. The maximum atomic E-state index is 9.91. The lowest BCUT2D eigenvalue weighted by Gasteiger charge is -2.15. The van der Waals surface area contributed by atoms with Crippen LogP contribution in [0.1, 0.15) is 17.5 Å². The summed E-state index contributed by atoms with van der Waals surface area (Å²) in [6, 6.07) is 8.00. The molecule has 15 heavy (non-hydrogen) atoms. The van der Waals surface area contributed by atoms with Gasteiger partial charge in [0.2, 0.25) is 5.88 Å². The number of hydrogen-bond donors (Lipinski definition) is 1. The summed E-state index contributed by atoms with van der Waals surface area (Å²) in [7, 11) is 0. The van der Waals surface area contributed by atoms with E-state index in [0.717, 1.165) is 30.3 Å². The van der Waals surface area contributed by atoms with E-state index >= 15 is 0 Å². The van der Waals surface area contributed by atoms with Crippen LogP contribution in [0.15, 0.2) is 18.2 Å². The molecule has 1 aliphatic rings. The summed E-state index contributed by atoms with van der Waals surface area (Å²) < 4.78 is 1.85. The van der Waals surface area contributed by atoms with Gasteiger partial charge in [-0.25, -0.2) is 0 Å². The lowest BCUT2D eigenvalue weighted by molar-refractivity contribution is 0.413. The van der Waals surface area contributed by atoms with E-state index in [1.165, 1.54) is 5.56 Å². The molecule has 0 radical (unpaired) electrons. The van der Waals surface area contributed by atoms with Gasteiger partial charge in [-0.05, 0) is 18.4 Å². The second kappa shape index (κ2) is 2.77. The zero-order chi connectivity index (χ0) is 10.4. The van der Waals surface area contributed by atoms with E-state index < -0.39 is 0 Å². The van der Waals surface area contributed by atoms with Crippen LogP contribution in [0, 0.1) is 11.3 Å². The minimum absolute atomic E-state index is 0.125. The maximum Gasteiger partial charge on any atom is 0.210 e. The standard InChI is InChI=1S/C12H10N2O/c13-7-10-9-5-1-3-8-4-2-6-14(11(8)9)12(10)15/h1,3,5,15H,2,4,6H2. The largest absolute Gasteiger partial charge is 0.493 e. The number of benzene rings is 1. The molecular weight excluding hydrogens is 188 g/mol. The summed E-state index contributed by atoms with van der Waals surface area (Å²) in [6.45, 7) is 0.807. The molecule has 3 heteroatoms. The summed E-state index contributed by atoms with van der Waals surface area (Å²) in [6.07, 6.45) is 2.06. The maximum absolute atomic E-state index is 9.91. The van der Waals surface area contributed by atoms with Crippen LogP contribution >= 0.6 is 0 Å². The van der Waals surface area contributed by atoms with E-state index in [9.17, 15) is 5.11 Å². The number of aromatic nitrogens is 1. The van der Waals surface area contributed by atoms with Crippen LogP contribution in [0.5, 0.6) is 5.88 Å². The minimum atomic E-state index is 0.125. The Morgan fingerprint density at radius 1 is 1.40 bits per heavy atom. The molecule has 0 unspecified atom stereocenters. The molecular formula is C12H10N2O. The Balaban J connectivity index is 2.55. The van der Waals surface area contributed by atoms with Crippen LogP contribution in [0.3, 0.4) is 0 Å². The number of aryl methyl sites for hydroxylation is 2. The van der Waals surface area contributed by atoms with Crippen LogP contribution in [-0.4, -0.2) is 9.67 Å². The Morgan fingerprint density at radius 3 is 3.07 bits per heavy atom. The van der Waals surface area contributed by atoms with E-state index in [1.54, 1.807) is 0 Å². The van der Waals surface area contributed by atoms with Gasteiger partial charge in [-0.1, -0.05) is 18.2 Å². The van der Waals surface area contributed by atoms with E-state index in [-0.39, 0.29) is 5.88 Å². The average Bonchev–Trinajstić information content (AvgIpc) is 2.55. The Labute approximate surface area is 87.2 Å². The third-order valence-electron chi connectivity index (χ3n) is 3.08. The van der Waals surface area contributed by atoms with Crippen molar-refractivity contribution in [1.82, 2.24) is 4.57 Å². The number of nitrogens with zero attached hydrogens (tertiary/aromatic N) is 2. The van der Waals surface area contributed by atoms with Crippen molar-refractivity contribution < 1.29 is 5.11 Å². The molecule has 74 valence electrons. The Morgan fingerprint density at radius 2 is 2.27 bits per heavy atom. The van der Waals surface area contributed by atoms with Crippen LogP contribution in [-0.2, 0) is 13.0 Å². The zero-order valence-electron chi connectivity index (χ0n) is 8.20. The fraction of sp³-hybridized carbons (Fsp3) is 0.250. The van der Waals surface area contributed by atoms with Gasteiger partial charge in [-0.3, -0.25) is 0 Å². The second-order valence-corrected chi connectivity index (χ2v) is 3.88. The third kappa shape index (κ3) is 0.937. The van der Waals surface area contributed by atoms with Crippen molar-refractivity contribution in [3.8, 4) is 11.9 Å². The summed E-state index contributed by atoms with van der Waals surface area (Å²) in [4.78, 5) is 0. The quantitative estimate of drug-likeness (QED) is 0.705. The summed E-state index contributed by atoms with van der Waals surface area (Å²) in [5.41, 5.74) is 2.68. The van der Waals surface area contributed by atoms with Crippen LogP contribution in [0.2, 0.25) is 0 Å². The SMILES string of the molecule is N#Cc1c(O)n2c3c(cccc13)CCC2. The van der Waals surface area contributed by atoms with Gasteiger partial charge >= 0.3 is 0 Å². The summed E-state index contributed by atoms with van der Waals surface area (Å²) >= 11 is 0. The van der Waals surface area contributed by atoms with Gasteiger partial charge in [0.1, 0.15) is 11.6 Å². The van der Waals surface area contributed by atoms with Crippen molar-refractivity contribution in [2.75, 3.05) is 0 Å². The molecule has 0 bridgehead atoms. The normalized spacial score (nSPS) is 14.1. The molecule has 3 rings (SSSR count). The molecule has 1 aliphatic heterocycles. The predicted octanol–water partition coefficient (Wildman–Crippen LogP) is 2.16. The highest BCUT2D eigenvalue weighted by molar-refractivity contribution is 5.92. The fourth-order valence-corrected chi connectivity index (χ4v) is 2.43. The second-order valence-electron chi connectivity index (χ2n) is 3.88. The molecule has 0 amide bonds. The molecule has 1 aromatic heterocycles. The van der Waals surface area contributed by atoms with Gasteiger partial charge in [-0.2, -0.15) is 5.26 Å². The minimum Gasteiger partial charge on any atom is -0.493 e. The Bertz CT molecular complexity index is 590. The molecule has 0 saturated heterocycles. The molecule has 3 nitrogen and oxygen atoms in total. The molecule has 2 aromatic rings. The van der Waals surface area contributed by atoms with Gasteiger partial charge in [0.25, 0.3) is 0 Å². The van der Waals surface area contributed by atoms with Gasteiger partial charge in [0.15, 0.2) is 0 Å². The van der Waals surface area contributed by atoms with E-state index in [2.05, 4.69) is 12.1 Å². The van der Waals surface area contributed by atoms with Crippen molar-refractivity contribution >= 4 is 10.9 Å². The number of para-hydroxylation sites is 1. The first-order valence-electron chi connectivity index (χ1n) is 5.06. The molecule has 0 spiro atoms. The van der Waals surface area contributed by atoms with Gasteiger partial charge in [0.05, 0.1) is 5.52 Å². The predicted molar refractivity (Wildman–Crippen MR) is 56.6 cm³/mol. The number of nitriles is 1. The van der Waals surface area contributed by atoms with Crippen molar-refractivity contribution in [2.24, 2.45) is 0 Å². The number of rotatable bonds is 0.